The summed E-state index contributed by atoms with van der Waals surface area (Å²) < 4.78 is 5.11. The van der Waals surface area contributed by atoms with Crippen molar-refractivity contribution in [1.29, 1.82) is 0 Å². The molecule has 0 spiro atoms. The third kappa shape index (κ3) is 3.15. The van der Waals surface area contributed by atoms with Crippen LogP contribution in [0.2, 0.25) is 5.02 Å². The van der Waals surface area contributed by atoms with Crippen molar-refractivity contribution in [3.8, 4) is 5.75 Å². The Morgan fingerprint density at radius 2 is 2.33 bits per heavy atom. The molecule has 1 atom stereocenters. The van der Waals surface area contributed by atoms with Crippen molar-refractivity contribution in [3.05, 3.63) is 23.2 Å². The van der Waals surface area contributed by atoms with Crippen LogP contribution >= 0.6 is 11.6 Å². The fourth-order valence-electron chi connectivity index (χ4n) is 2.02. The molecule has 1 aliphatic heterocycles. The summed E-state index contributed by atoms with van der Waals surface area (Å²) in [5.41, 5.74) is 0.591. The van der Waals surface area contributed by atoms with Crippen molar-refractivity contribution >= 4 is 23.2 Å². The van der Waals surface area contributed by atoms with Gasteiger partial charge in [0.2, 0.25) is 5.91 Å². The summed E-state index contributed by atoms with van der Waals surface area (Å²) in [5, 5.41) is 6.56. The van der Waals surface area contributed by atoms with E-state index < -0.39 is 0 Å². The Kier molecular flexibility index (Phi) is 4.44. The lowest BCUT2D eigenvalue weighted by atomic mass is 10.0. The second kappa shape index (κ2) is 6.07. The van der Waals surface area contributed by atoms with Gasteiger partial charge in [-0.2, -0.15) is 0 Å². The first-order valence-electron chi connectivity index (χ1n) is 6.08. The van der Waals surface area contributed by atoms with E-state index in [1.807, 2.05) is 0 Å². The number of nitrogens with one attached hydrogen (secondary N) is 2. The lowest BCUT2D eigenvalue weighted by Gasteiger charge is -2.22. The number of carbonyl (C=O) groups excluding carboxylic acids is 1. The highest BCUT2D eigenvalue weighted by Gasteiger charge is 2.21. The van der Waals surface area contributed by atoms with Gasteiger partial charge >= 0.3 is 0 Å². The number of hydrogen-bond acceptors (Lipinski definition) is 3. The molecule has 2 N–H and O–H groups in total. The van der Waals surface area contributed by atoms with Crippen molar-refractivity contribution in [2.24, 2.45) is 0 Å². The number of ether oxygens (including phenoxy) is 1. The third-order valence-electron chi connectivity index (χ3n) is 3.06. The van der Waals surface area contributed by atoms with E-state index in [9.17, 15) is 4.79 Å². The zero-order valence-electron chi connectivity index (χ0n) is 10.3. The fraction of sp³-hybridized carbons (Fsp3) is 0.462. The SMILES string of the molecule is COc1ccc(Cl)c(NC(=O)[C@H]2CCCCN2)c1. The highest BCUT2D eigenvalue weighted by atomic mass is 35.5. The highest BCUT2D eigenvalue weighted by Crippen LogP contribution is 2.27. The maximum absolute atomic E-state index is 12.0. The Balaban J connectivity index is 2.05. The normalized spacial score (nSPS) is 19.3. The minimum Gasteiger partial charge on any atom is -0.497 e. The number of amides is 1. The minimum absolute atomic E-state index is 0.0372. The molecule has 18 heavy (non-hydrogen) atoms. The number of piperidine rings is 1. The molecule has 0 bridgehead atoms. The Bertz CT molecular complexity index is 431. The van der Waals surface area contributed by atoms with Gasteiger partial charge in [-0.3, -0.25) is 4.79 Å². The Labute approximate surface area is 112 Å². The molecule has 1 saturated heterocycles. The molecule has 98 valence electrons. The van der Waals surface area contributed by atoms with Crippen LogP contribution in [0.25, 0.3) is 0 Å². The van der Waals surface area contributed by atoms with Gasteiger partial charge in [-0.1, -0.05) is 18.0 Å². The quantitative estimate of drug-likeness (QED) is 0.885. The molecule has 1 amide bonds. The van der Waals surface area contributed by atoms with Gasteiger partial charge in [0.1, 0.15) is 5.75 Å². The van der Waals surface area contributed by atoms with Crippen LogP contribution in [0.5, 0.6) is 5.75 Å². The summed E-state index contributed by atoms with van der Waals surface area (Å²) >= 11 is 6.05. The third-order valence-corrected chi connectivity index (χ3v) is 3.39. The topological polar surface area (TPSA) is 50.4 Å². The van der Waals surface area contributed by atoms with Crippen LogP contribution in [0.4, 0.5) is 5.69 Å². The van der Waals surface area contributed by atoms with Crippen LogP contribution in [-0.4, -0.2) is 25.6 Å². The smallest absolute Gasteiger partial charge is 0.241 e. The van der Waals surface area contributed by atoms with Crippen molar-refractivity contribution in [3.63, 3.8) is 0 Å². The number of methoxy groups -OCH3 is 1. The van der Waals surface area contributed by atoms with E-state index in [2.05, 4.69) is 10.6 Å². The van der Waals surface area contributed by atoms with Gasteiger partial charge in [0.15, 0.2) is 0 Å². The molecule has 0 saturated carbocycles. The predicted molar refractivity (Wildman–Crippen MR) is 72.3 cm³/mol. The number of halogens is 1. The minimum atomic E-state index is -0.124. The highest BCUT2D eigenvalue weighted by molar-refractivity contribution is 6.33. The number of hydrogen-bond donors (Lipinski definition) is 2. The van der Waals surface area contributed by atoms with Crippen LogP contribution < -0.4 is 15.4 Å². The van der Waals surface area contributed by atoms with E-state index in [1.54, 1.807) is 25.3 Å². The molecule has 0 aliphatic carbocycles. The summed E-state index contributed by atoms with van der Waals surface area (Å²) in [6.07, 6.45) is 3.08. The monoisotopic (exact) mass is 268 g/mol. The molecule has 0 radical (unpaired) electrons. The largest absolute Gasteiger partial charge is 0.497 e. The van der Waals surface area contributed by atoms with E-state index in [0.29, 0.717) is 16.5 Å². The van der Waals surface area contributed by atoms with Gasteiger partial charge in [0.25, 0.3) is 0 Å². The zero-order valence-corrected chi connectivity index (χ0v) is 11.1. The summed E-state index contributed by atoms with van der Waals surface area (Å²) in [7, 11) is 1.58. The zero-order chi connectivity index (χ0) is 13.0. The molecule has 0 aromatic heterocycles. The standard InChI is InChI=1S/C13H17ClN2O2/c1-18-9-5-6-10(14)12(8-9)16-13(17)11-4-2-3-7-15-11/h5-6,8,11,15H,2-4,7H2,1H3,(H,16,17)/t11-/m1/s1. The van der Waals surface area contributed by atoms with Gasteiger partial charge in [0, 0.05) is 6.07 Å². The van der Waals surface area contributed by atoms with Gasteiger partial charge in [-0.15, -0.1) is 0 Å². The number of benzene rings is 1. The summed E-state index contributed by atoms with van der Waals surface area (Å²) in [6, 6.07) is 5.07. The van der Waals surface area contributed by atoms with Gasteiger partial charge in [-0.25, -0.2) is 0 Å². The molecule has 5 heteroatoms. The number of anilines is 1. The number of rotatable bonds is 3. The van der Waals surface area contributed by atoms with Gasteiger partial charge in [-0.05, 0) is 31.5 Å². The van der Waals surface area contributed by atoms with Crippen LogP contribution in [0.15, 0.2) is 18.2 Å². The van der Waals surface area contributed by atoms with E-state index in [0.717, 1.165) is 25.8 Å². The summed E-state index contributed by atoms with van der Waals surface area (Å²) in [5.74, 6) is 0.635. The molecular formula is C13H17ClN2O2. The first-order valence-corrected chi connectivity index (χ1v) is 6.46. The Morgan fingerprint density at radius 3 is 3.00 bits per heavy atom. The molecule has 1 fully saturated rings. The second-order valence-electron chi connectivity index (χ2n) is 4.34. The first kappa shape index (κ1) is 13.2. The Hall–Kier alpha value is -1.26. The van der Waals surface area contributed by atoms with E-state index in [4.69, 9.17) is 16.3 Å². The molecule has 0 unspecified atom stereocenters. The van der Waals surface area contributed by atoms with E-state index >= 15 is 0 Å². The van der Waals surface area contributed by atoms with Crippen molar-refractivity contribution in [2.45, 2.75) is 25.3 Å². The molecule has 2 rings (SSSR count). The molecule has 1 aromatic rings. The second-order valence-corrected chi connectivity index (χ2v) is 4.74. The first-order chi connectivity index (χ1) is 8.70. The lowest BCUT2D eigenvalue weighted by molar-refractivity contribution is -0.118. The van der Waals surface area contributed by atoms with E-state index in [-0.39, 0.29) is 11.9 Å². The van der Waals surface area contributed by atoms with Crippen molar-refractivity contribution in [2.75, 3.05) is 19.0 Å². The maximum atomic E-state index is 12.0. The maximum Gasteiger partial charge on any atom is 0.241 e. The van der Waals surface area contributed by atoms with Crippen molar-refractivity contribution < 1.29 is 9.53 Å². The average molecular weight is 269 g/mol. The van der Waals surface area contributed by atoms with Crippen LogP contribution in [0.3, 0.4) is 0 Å². The lowest BCUT2D eigenvalue weighted by Crippen LogP contribution is -2.43. The fourth-order valence-corrected chi connectivity index (χ4v) is 2.19. The molecule has 4 nitrogen and oxygen atoms in total. The Morgan fingerprint density at radius 1 is 1.50 bits per heavy atom. The molecule has 1 heterocycles. The molecular weight excluding hydrogens is 252 g/mol. The van der Waals surface area contributed by atoms with Gasteiger partial charge in [0.05, 0.1) is 23.9 Å². The van der Waals surface area contributed by atoms with Crippen molar-refractivity contribution in [1.82, 2.24) is 5.32 Å². The summed E-state index contributed by atoms with van der Waals surface area (Å²) in [4.78, 5) is 12.0. The van der Waals surface area contributed by atoms with Crippen LogP contribution in [0.1, 0.15) is 19.3 Å². The molecule has 1 aliphatic rings. The number of carbonyl (C=O) groups is 1. The van der Waals surface area contributed by atoms with Crippen LogP contribution in [-0.2, 0) is 4.79 Å². The van der Waals surface area contributed by atoms with Crippen LogP contribution in [0, 0.1) is 0 Å². The van der Waals surface area contributed by atoms with Gasteiger partial charge < -0.3 is 15.4 Å². The van der Waals surface area contributed by atoms with E-state index in [1.165, 1.54) is 0 Å². The average Bonchev–Trinajstić information content (AvgIpc) is 2.42. The predicted octanol–water partition coefficient (Wildman–Crippen LogP) is 2.43. The summed E-state index contributed by atoms with van der Waals surface area (Å²) in [6.45, 7) is 0.893. The molecule has 1 aromatic carbocycles.